The summed E-state index contributed by atoms with van der Waals surface area (Å²) in [5.41, 5.74) is -2.57. The molecule has 1 aromatic carbocycles. The van der Waals surface area contributed by atoms with Crippen LogP contribution >= 0.6 is 11.6 Å². The molecule has 11 heteroatoms. The topological polar surface area (TPSA) is 79.5 Å². The molecular formula is C23H28ClF3N4O3. The van der Waals surface area contributed by atoms with E-state index in [1.807, 2.05) is 0 Å². The van der Waals surface area contributed by atoms with Gasteiger partial charge in [0.1, 0.15) is 29.4 Å². The zero-order valence-electron chi connectivity index (χ0n) is 18.9. The molecule has 0 bridgehead atoms. The van der Waals surface area contributed by atoms with Crippen molar-refractivity contribution in [3.63, 3.8) is 0 Å². The Hall–Kier alpha value is -2.04. The first-order valence-corrected chi connectivity index (χ1v) is 12.1. The average molecular weight is 501 g/mol. The summed E-state index contributed by atoms with van der Waals surface area (Å²) in [6.45, 7) is 1.41. The second kappa shape index (κ2) is 8.87. The number of nitrogens with zero attached hydrogens (tertiary/aromatic N) is 2. The van der Waals surface area contributed by atoms with Crippen molar-refractivity contribution < 1.29 is 22.6 Å². The second-order valence-electron chi connectivity index (χ2n) is 9.64. The summed E-state index contributed by atoms with van der Waals surface area (Å²) < 4.78 is 54.6. The quantitative estimate of drug-likeness (QED) is 0.548. The van der Waals surface area contributed by atoms with Crippen molar-refractivity contribution in [3.05, 3.63) is 27.3 Å². The van der Waals surface area contributed by atoms with Gasteiger partial charge in [0.15, 0.2) is 11.6 Å². The van der Waals surface area contributed by atoms with Gasteiger partial charge in [0.25, 0.3) is 11.6 Å². The van der Waals surface area contributed by atoms with E-state index in [-0.39, 0.29) is 46.9 Å². The molecule has 0 radical (unpaired) electrons. The number of H-pyrrole nitrogens is 1. The van der Waals surface area contributed by atoms with E-state index in [9.17, 15) is 18.0 Å². The Morgan fingerprint density at radius 1 is 1.38 bits per heavy atom. The highest BCUT2D eigenvalue weighted by Crippen LogP contribution is 2.44. The number of nitrogens with one attached hydrogen (secondary N) is 2. The van der Waals surface area contributed by atoms with Crippen molar-refractivity contribution in [2.75, 3.05) is 33.4 Å². The molecule has 1 saturated carbocycles. The number of rotatable bonds is 9. The number of aromatic nitrogens is 2. The molecule has 2 aliphatic heterocycles. The van der Waals surface area contributed by atoms with Gasteiger partial charge in [-0.2, -0.15) is 4.98 Å². The number of hydrogen-bond donors (Lipinski definition) is 2. The van der Waals surface area contributed by atoms with Gasteiger partial charge in [-0.05, 0) is 51.8 Å². The summed E-state index contributed by atoms with van der Waals surface area (Å²) in [7, 11) is 1.68. The Balaban J connectivity index is 1.36. The lowest BCUT2D eigenvalue weighted by Gasteiger charge is -2.30. The number of benzene rings is 1. The third-order valence-corrected chi connectivity index (χ3v) is 7.69. The summed E-state index contributed by atoms with van der Waals surface area (Å²) >= 11 is 6.19. The zero-order chi connectivity index (χ0) is 24.1. The van der Waals surface area contributed by atoms with Crippen LogP contribution in [0.3, 0.4) is 0 Å². The molecule has 1 aromatic heterocycles. The van der Waals surface area contributed by atoms with E-state index in [1.165, 1.54) is 0 Å². The molecule has 34 heavy (non-hydrogen) atoms. The molecule has 7 nitrogen and oxygen atoms in total. The third kappa shape index (κ3) is 4.24. The van der Waals surface area contributed by atoms with Crippen LogP contribution in [-0.4, -0.2) is 71.6 Å². The van der Waals surface area contributed by atoms with Crippen LogP contribution in [0.5, 0.6) is 11.8 Å². The summed E-state index contributed by atoms with van der Waals surface area (Å²) in [6, 6.07) is 0.505. The molecule has 0 amide bonds. The molecule has 0 spiro atoms. The third-order valence-electron chi connectivity index (χ3n) is 7.41. The minimum absolute atomic E-state index is 0.00597. The van der Waals surface area contributed by atoms with Crippen molar-refractivity contribution >= 4 is 22.5 Å². The predicted octanol–water partition coefficient (Wildman–Crippen LogP) is 3.53. The van der Waals surface area contributed by atoms with Gasteiger partial charge in [-0.25, -0.2) is 13.2 Å². The Bertz CT molecular complexity index is 1140. The number of alkyl halides is 2. The van der Waals surface area contributed by atoms with Crippen molar-refractivity contribution in [2.45, 2.75) is 61.9 Å². The minimum atomic E-state index is -1.24. The zero-order valence-corrected chi connectivity index (χ0v) is 19.7. The van der Waals surface area contributed by atoms with Crippen LogP contribution in [0.4, 0.5) is 13.2 Å². The fourth-order valence-electron chi connectivity index (χ4n) is 5.47. The Morgan fingerprint density at radius 2 is 2.18 bits per heavy atom. The van der Waals surface area contributed by atoms with E-state index in [0.717, 1.165) is 25.5 Å². The molecule has 2 N–H and O–H groups in total. The number of halogens is 4. The molecule has 2 aromatic rings. The molecule has 1 aliphatic carbocycles. The van der Waals surface area contributed by atoms with E-state index in [1.54, 1.807) is 7.05 Å². The van der Waals surface area contributed by atoms with Crippen molar-refractivity contribution in [3.8, 4) is 11.8 Å². The van der Waals surface area contributed by atoms with Crippen LogP contribution in [0.1, 0.15) is 38.5 Å². The van der Waals surface area contributed by atoms with Gasteiger partial charge in [-0.3, -0.25) is 14.7 Å². The smallest absolute Gasteiger partial charge is 0.297 e. The van der Waals surface area contributed by atoms with Gasteiger partial charge in [0.05, 0.1) is 17.2 Å². The second-order valence-corrected chi connectivity index (χ2v) is 10.0. The van der Waals surface area contributed by atoms with Crippen LogP contribution < -0.4 is 20.3 Å². The standard InChI is InChI=1S/C23H28ClF3N4O3/c1-28-16(23(27)5-6-23)3-8-33-19-14(24)9-15(26)18-17(19)20(32)30-21(29-18)34-12-22-4-2-7-31(22)11-13(25)10-22/h9,13,16,28H,2-8,10-12H2,1H3,(H,29,30,32)/t13-,16+,22+/m1/s1. The lowest BCUT2D eigenvalue weighted by atomic mass is 9.95. The Kier molecular flexibility index (Phi) is 6.18. The van der Waals surface area contributed by atoms with Crippen LogP contribution in [0.15, 0.2) is 10.9 Å². The minimum Gasteiger partial charge on any atom is -0.491 e. The largest absolute Gasteiger partial charge is 0.491 e. The van der Waals surface area contributed by atoms with Crippen LogP contribution in [0.25, 0.3) is 10.9 Å². The van der Waals surface area contributed by atoms with Gasteiger partial charge in [-0.15, -0.1) is 0 Å². The molecule has 5 rings (SSSR count). The SMILES string of the molecule is CN[C@@H](CCOc1c(Cl)cc(F)c2nc(OC[C@@]34CCCN3C[C@H](F)C4)[nH]c(=O)c12)C1(F)CC1. The molecule has 3 fully saturated rings. The lowest BCUT2D eigenvalue weighted by Crippen LogP contribution is -2.43. The Labute approximate surface area is 200 Å². The van der Waals surface area contributed by atoms with Crippen LogP contribution in [-0.2, 0) is 0 Å². The van der Waals surface area contributed by atoms with Gasteiger partial charge in [0.2, 0.25) is 0 Å². The number of hydrogen-bond acceptors (Lipinski definition) is 6. The molecule has 3 atom stereocenters. The first-order chi connectivity index (χ1) is 16.2. The van der Waals surface area contributed by atoms with Crippen molar-refractivity contribution in [2.24, 2.45) is 0 Å². The average Bonchev–Trinajstić information content (AvgIpc) is 3.29. The maximum atomic E-state index is 14.7. The van der Waals surface area contributed by atoms with Gasteiger partial charge in [-0.1, -0.05) is 11.6 Å². The first-order valence-electron chi connectivity index (χ1n) is 11.7. The summed E-state index contributed by atoms with van der Waals surface area (Å²) in [5, 5.41) is 2.74. The van der Waals surface area contributed by atoms with E-state index in [4.69, 9.17) is 21.1 Å². The van der Waals surface area contributed by atoms with E-state index in [0.29, 0.717) is 32.2 Å². The predicted molar refractivity (Wildman–Crippen MR) is 122 cm³/mol. The first kappa shape index (κ1) is 23.7. The summed E-state index contributed by atoms with van der Waals surface area (Å²) in [4.78, 5) is 21.7. The van der Waals surface area contributed by atoms with E-state index >= 15 is 0 Å². The van der Waals surface area contributed by atoms with E-state index < -0.39 is 28.8 Å². The fraction of sp³-hybridized carbons (Fsp3) is 0.652. The maximum absolute atomic E-state index is 14.7. The van der Waals surface area contributed by atoms with Gasteiger partial charge in [0, 0.05) is 19.0 Å². The summed E-state index contributed by atoms with van der Waals surface area (Å²) in [5.74, 6) is -0.795. The number of aromatic amines is 1. The molecule has 0 unspecified atom stereocenters. The van der Waals surface area contributed by atoms with Crippen LogP contribution in [0.2, 0.25) is 5.02 Å². The van der Waals surface area contributed by atoms with Gasteiger partial charge >= 0.3 is 0 Å². The van der Waals surface area contributed by atoms with E-state index in [2.05, 4.69) is 20.2 Å². The molecule has 186 valence electrons. The molecule has 3 aliphatic rings. The highest BCUT2D eigenvalue weighted by Gasteiger charge is 2.50. The monoisotopic (exact) mass is 500 g/mol. The fourth-order valence-corrected chi connectivity index (χ4v) is 5.71. The molecule has 3 heterocycles. The highest BCUT2D eigenvalue weighted by atomic mass is 35.5. The lowest BCUT2D eigenvalue weighted by molar-refractivity contribution is 0.107. The Morgan fingerprint density at radius 3 is 2.91 bits per heavy atom. The number of fused-ring (bicyclic) bond motifs is 2. The molecule has 2 saturated heterocycles. The highest BCUT2D eigenvalue weighted by molar-refractivity contribution is 6.33. The van der Waals surface area contributed by atoms with Crippen molar-refractivity contribution in [1.82, 2.24) is 20.2 Å². The number of ether oxygens (including phenoxy) is 2. The van der Waals surface area contributed by atoms with Crippen LogP contribution in [0, 0.1) is 5.82 Å². The van der Waals surface area contributed by atoms with Crippen molar-refractivity contribution in [1.29, 1.82) is 0 Å². The summed E-state index contributed by atoms with van der Waals surface area (Å²) in [6.07, 6.45) is 2.53. The van der Waals surface area contributed by atoms with Gasteiger partial charge < -0.3 is 14.8 Å². The molecular weight excluding hydrogens is 473 g/mol. The maximum Gasteiger partial charge on any atom is 0.297 e. The normalized spacial score (nSPS) is 26.6.